The Kier molecular flexibility index (Phi) is 6.19. The number of ether oxygens (including phenoxy) is 2. The van der Waals surface area contributed by atoms with E-state index in [0.29, 0.717) is 23.6 Å². The third-order valence-corrected chi connectivity index (χ3v) is 5.08. The van der Waals surface area contributed by atoms with Crippen molar-refractivity contribution in [2.45, 2.75) is 25.8 Å². The van der Waals surface area contributed by atoms with Gasteiger partial charge in [-0.1, -0.05) is 23.8 Å². The monoisotopic (exact) mass is 382 g/mol. The Labute approximate surface area is 165 Å². The molecule has 1 N–H and O–H groups in total. The van der Waals surface area contributed by atoms with Crippen LogP contribution in [0.2, 0.25) is 0 Å². The largest absolute Gasteiger partial charge is 0.493 e. The summed E-state index contributed by atoms with van der Waals surface area (Å²) < 4.78 is 10.7. The molecule has 0 spiro atoms. The molecule has 1 heterocycles. The van der Waals surface area contributed by atoms with Gasteiger partial charge in [0.1, 0.15) is 0 Å². The lowest BCUT2D eigenvalue weighted by Crippen LogP contribution is -2.39. The van der Waals surface area contributed by atoms with Gasteiger partial charge in [-0.05, 0) is 49.6 Å². The van der Waals surface area contributed by atoms with Gasteiger partial charge in [0.15, 0.2) is 11.5 Å². The van der Waals surface area contributed by atoms with Gasteiger partial charge in [-0.25, -0.2) is 0 Å². The van der Waals surface area contributed by atoms with E-state index in [0.717, 1.165) is 24.0 Å². The van der Waals surface area contributed by atoms with Crippen LogP contribution in [0.3, 0.4) is 0 Å². The van der Waals surface area contributed by atoms with Gasteiger partial charge in [0.25, 0.3) is 5.91 Å². The van der Waals surface area contributed by atoms with Crippen LogP contribution in [0.5, 0.6) is 11.5 Å². The van der Waals surface area contributed by atoms with Gasteiger partial charge in [-0.2, -0.15) is 0 Å². The maximum Gasteiger partial charge on any atom is 0.251 e. The first-order valence-electron chi connectivity index (χ1n) is 9.39. The summed E-state index contributed by atoms with van der Waals surface area (Å²) in [4.78, 5) is 26.9. The number of aryl methyl sites for hydroxylation is 1. The van der Waals surface area contributed by atoms with Gasteiger partial charge in [0.2, 0.25) is 5.91 Å². The first-order chi connectivity index (χ1) is 13.5. The molecule has 1 atom stereocenters. The van der Waals surface area contributed by atoms with Gasteiger partial charge in [0, 0.05) is 12.1 Å². The number of nitrogens with zero attached hydrogens (tertiary/aromatic N) is 1. The number of rotatable bonds is 6. The standard InChI is InChI=1S/C22H26N2O4/c1-15-6-8-16(9-7-15)22(26)23-14-21(25)24-12-4-5-18(24)17-10-11-19(27-2)20(13-17)28-3/h6-11,13,18H,4-5,12,14H2,1-3H3,(H,23,26)/t18-/m1/s1. The van der Waals surface area contributed by atoms with E-state index >= 15 is 0 Å². The maximum atomic E-state index is 12.8. The normalized spacial score (nSPS) is 16.0. The molecule has 0 aromatic heterocycles. The van der Waals surface area contributed by atoms with E-state index in [1.807, 2.05) is 42.2 Å². The highest BCUT2D eigenvalue weighted by atomic mass is 16.5. The summed E-state index contributed by atoms with van der Waals surface area (Å²) in [6.07, 6.45) is 1.81. The number of methoxy groups -OCH3 is 2. The van der Waals surface area contributed by atoms with Gasteiger partial charge in [-0.3, -0.25) is 9.59 Å². The summed E-state index contributed by atoms with van der Waals surface area (Å²) in [5, 5.41) is 2.73. The fraction of sp³-hybridized carbons (Fsp3) is 0.364. The molecular formula is C22H26N2O4. The summed E-state index contributed by atoms with van der Waals surface area (Å²) in [6, 6.07) is 13.0. The fourth-order valence-electron chi connectivity index (χ4n) is 3.54. The van der Waals surface area contributed by atoms with E-state index in [-0.39, 0.29) is 24.4 Å². The van der Waals surface area contributed by atoms with Gasteiger partial charge in [-0.15, -0.1) is 0 Å². The molecule has 1 aliphatic heterocycles. The Morgan fingerprint density at radius 2 is 1.79 bits per heavy atom. The number of carbonyl (C=O) groups excluding carboxylic acids is 2. The minimum absolute atomic E-state index is 0.0174. The first kappa shape index (κ1) is 19.7. The quantitative estimate of drug-likeness (QED) is 0.834. The molecule has 1 fully saturated rings. The molecule has 0 aliphatic carbocycles. The minimum atomic E-state index is -0.241. The summed E-state index contributed by atoms with van der Waals surface area (Å²) >= 11 is 0. The number of hydrogen-bond donors (Lipinski definition) is 1. The van der Waals surface area contributed by atoms with Crippen molar-refractivity contribution in [1.29, 1.82) is 0 Å². The highest BCUT2D eigenvalue weighted by Crippen LogP contribution is 2.36. The second kappa shape index (κ2) is 8.78. The summed E-state index contributed by atoms with van der Waals surface area (Å²) in [5.41, 5.74) is 2.65. The number of nitrogens with one attached hydrogen (secondary N) is 1. The van der Waals surface area contributed by atoms with E-state index < -0.39 is 0 Å². The third kappa shape index (κ3) is 4.27. The van der Waals surface area contributed by atoms with Crippen molar-refractivity contribution in [2.75, 3.05) is 27.3 Å². The van der Waals surface area contributed by atoms with Crippen LogP contribution in [0, 0.1) is 6.92 Å². The zero-order valence-electron chi connectivity index (χ0n) is 16.5. The Morgan fingerprint density at radius 3 is 2.46 bits per heavy atom. The maximum absolute atomic E-state index is 12.8. The zero-order valence-corrected chi connectivity index (χ0v) is 16.5. The Balaban J connectivity index is 1.66. The summed E-state index contributed by atoms with van der Waals surface area (Å²) in [6.45, 7) is 2.63. The Bertz CT molecular complexity index is 848. The molecule has 148 valence electrons. The van der Waals surface area contributed by atoms with Crippen LogP contribution >= 0.6 is 0 Å². The van der Waals surface area contributed by atoms with Crippen molar-refractivity contribution < 1.29 is 19.1 Å². The highest BCUT2D eigenvalue weighted by molar-refractivity contribution is 5.96. The second-order valence-electron chi connectivity index (χ2n) is 6.91. The molecule has 2 aromatic rings. The molecular weight excluding hydrogens is 356 g/mol. The van der Waals surface area contributed by atoms with Crippen LogP contribution < -0.4 is 14.8 Å². The molecule has 6 nitrogen and oxygen atoms in total. The minimum Gasteiger partial charge on any atom is -0.493 e. The number of likely N-dealkylation sites (tertiary alicyclic amines) is 1. The number of benzene rings is 2. The lowest BCUT2D eigenvalue weighted by molar-refractivity contribution is -0.131. The van der Waals surface area contributed by atoms with E-state index in [4.69, 9.17) is 9.47 Å². The van der Waals surface area contributed by atoms with Gasteiger partial charge in [0.05, 0.1) is 26.8 Å². The molecule has 1 aliphatic rings. The average molecular weight is 382 g/mol. The number of carbonyl (C=O) groups is 2. The third-order valence-electron chi connectivity index (χ3n) is 5.08. The smallest absolute Gasteiger partial charge is 0.251 e. The second-order valence-corrected chi connectivity index (χ2v) is 6.91. The van der Waals surface area contributed by atoms with E-state index in [9.17, 15) is 9.59 Å². The molecule has 2 aromatic carbocycles. The van der Waals surface area contributed by atoms with Crippen molar-refractivity contribution in [3.8, 4) is 11.5 Å². The lowest BCUT2D eigenvalue weighted by Gasteiger charge is -2.26. The number of hydrogen-bond acceptors (Lipinski definition) is 4. The molecule has 6 heteroatoms. The predicted octanol–water partition coefficient (Wildman–Crippen LogP) is 3.11. The number of amides is 2. The van der Waals surface area contributed by atoms with E-state index in [2.05, 4.69) is 5.32 Å². The molecule has 0 bridgehead atoms. The molecule has 0 radical (unpaired) electrons. The average Bonchev–Trinajstić information content (AvgIpc) is 3.21. The Morgan fingerprint density at radius 1 is 1.07 bits per heavy atom. The summed E-state index contributed by atoms with van der Waals surface area (Å²) in [7, 11) is 3.19. The highest BCUT2D eigenvalue weighted by Gasteiger charge is 2.30. The van der Waals surface area contributed by atoms with Crippen molar-refractivity contribution >= 4 is 11.8 Å². The van der Waals surface area contributed by atoms with Crippen LogP contribution in [0.1, 0.15) is 40.4 Å². The van der Waals surface area contributed by atoms with Crippen LogP contribution in [0.25, 0.3) is 0 Å². The predicted molar refractivity (Wildman–Crippen MR) is 107 cm³/mol. The van der Waals surface area contributed by atoms with Crippen molar-refractivity contribution in [2.24, 2.45) is 0 Å². The van der Waals surface area contributed by atoms with Crippen LogP contribution in [0.4, 0.5) is 0 Å². The first-order valence-corrected chi connectivity index (χ1v) is 9.39. The SMILES string of the molecule is COc1ccc([C@H]2CCCN2C(=O)CNC(=O)c2ccc(C)cc2)cc1OC. The van der Waals surface area contributed by atoms with Crippen LogP contribution in [0.15, 0.2) is 42.5 Å². The van der Waals surface area contributed by atoms with E-state index in [1.165, 1.54) is 0 Å². The van der Waals surface area contributed by atoms with Gasteiger partial charge < -0.3 is 19.7 Å². The van der Waals surface area contributed by atoms with Crippen molar-refractivity contribution in [3.05, 3.63) is 59.2 Å². The molecule has 0 unspecified atom stereocenters. The van der Waals surface area contributed by atoms with Gasteiger partial charge >= 0.3 is 0 Å². The molecule has 0 saturated carbocycles. The topological polar surface area (TPSA) is 67.9 Å². The molecule has 28 heavy (non-hydrogen) atoms. The molecule has 1 saturated heterocycles. The van der Waals surface area contributed by atoms with Crippen molar-refractivity contribution in [3.63, 3.8) is 0 Å². The summed E-state index contributed by atoms with van der Waals surface area (Å²) in [5.74, 6) is 0.979. The van der Waals surface area contributed by atoms with Crippen LogP contribution in [-0.2, 0) is 4.79 Å². The fourth-order valence-corrected chi connectivity index (χ4v) is 3.54. The molecule has 3 rings (SSSR count). The Hall–Kier alpha value is -3.02. The molecule has 2 amide bonds. The lowest BCUT2D eigenvalue weighted by atomic mass is 10.0. The van der Waals surface area contributed by atoms with E-state index in [1.54, 1.807) is 26.4 Å². The zero-order chi connectivity index (χ0) is 20.1. The van der Waals surface area contributed by atoms with Crippen molar-refractivity contribution in [1.82, 2.24) is 10.2 Å². The van der Waals surface area contributed by atoms with Crippen LogP contribution in [-0.4, -0.2) is 44.0 Å².